The van der Waals surface area contributed by atoms with E-state index in [1.165, 1.54) is 0 Å². The Balaban J connectivity index is 1.37. The van der Waals surface area contributed by atoms with Crippen molar-refractivity contribution in [3.63, 3.8) is 0 Å². The number of anilines is 2. The number of carbonyl (C=O) groups is 1. The van der Waals surface area contributed by atoms with E-state index in [9.17, 15) is 4.79 Å². The minimum atomic E-state index is -0.190. The third-order valence-electron chi connectivity index (χ3n) is 6.73. The van der Waals surface area contributed by atoms with Crippen molar-refractivity contribution >= 4 is 28.3 Å². The highest BCUT2D eigenvalue weighted by Gasteiger charge is 2.22. The molecule has 1 amide bonds. The highest BCUT2D eigenvalue weighted by Crippen LogP contribution is 2.36. The first kappa shape index (κ1) is 24.2. The fourth-order valence-electron chi connectivity index (χ4n) is 4.36. The number of amides is 1. The summed E-state index contributed by atoms with van der Waals surface area (Å²) in [5.74, 6) is 1.16. The summed E-state index contributed by atoms with van der Waals surface area (Å²) in [7, 11) is 0. The third-order valence-corrected chi connectivity index (χ3v) is 6.73. The second-order valence-electron chi connectivity index (χ2n) is 9.34. The Labute approximate surface area is 211 Å². The van der Waals surface area contributed by atoms with Crippen LogP contribution in [0.15, 0.2) is 60.9 Å². The maximum absolute atomic E-state index is 12.8. The average molecular weight is 488 g/mol. The largest absolute Gasteiger partial charge is 0.488 e. The molecule has 1 saturated carbocycles. The molecule has 2 aromatic carbocycles. The Bertz CT molecular complexity index is 1210. The van der Waals surface area contributed by atoms with Gasteiger partial charge in [0, 0.05) is 43.2 Å². The third kappa shape index (κ3) is 6.01. The van der Waals surface area contributed by atoms with Gasteiger partial charge in [-0.25, -0.2) is 9.97 Å². The number of rotatable bonds is 9. The summed E-state index contributed by atoms with van der Waals surface area (Å²) >= 11 is 0. The second kappa shape index (κ2) is 11.5. The number of morpholine rings is 1. The lowest BCUT2D eigenvalue weighted by Gasteiger charge is -2.27. The van der Waals surface area contributed by atoms with Crippen LogP contribution in [-0.2, 0) is 9.53 Å². The molecule has 0 spiro atoms. The first-order valence-electron chi connectivity index (χ1n) is 12.7. The van der Waals surface area contributed by atoms with E-state index >= 15 is 0 Å². The molecule has 2 heterocycles. The molecular formula is C28H33N5O3. The van der Waals surface area contributed by atoms with Crippen molar-refractivity contribution in [2.75, 3.05) is 43.5 Å². The van der Waals surface area contributed by atoms with Crippen LogP contribution in [0.2, 0.25) is 0 Å². The number of hydrogen-bond donors (Lipinski definition) is 2. The van der Waals surface area contributed by atoms with Gasteiger partial charge in [0.2, 0.25) is 5.91 Å². The normalized spacial score (nSPS) is 17.6. The minimum Gasteiger partial charge on any atom is -0.488 e. The van der Waals surface area contributed by atoms with Crippen molar-refractivity contribution in [3.8, 4) is 5.75 Å². The van der Waals surface area contributed by atoms with Crippen molar-refractivity contribution in [3.05, 3.63) is 66.5 Å². The smallest absolute Gasteiger partial charge is 0.248 e. The van der Waals surface area contributed by atoms with E-state index in [-0.39, 0.29) is 18.1 Å². The summed E-state index contributed by atoms with van der Waals surface area (Å²) in [5.41, 5.74) is 2.55. The van der Waals surface area contributed by atoms with Crippen molar-refractivity contribution < 1.29 is 14.3 Å². The minimum absolute atomic E-state index is 0.0522. The van der Waals surface area contributed by atoms with Crippen LogP contribution < -0.4 is 15.4 Å². The van der Waals surface area contributed by atoms with E-state index in [0.29, 0.717) is 17.3 Å². The maximum Gasteiger partial charge on any atom is 0.248 e. The molecule has 1 atom stereocenters. The maximum atomic E-state index is 12.8. The van der Waals surface area contributed by atoms with E-state index < -0.39 is 0 Å². The zero-order chi connectivity index (χ0) is 24.7. The molecule has 2 N–H and O–H groups in total. The Morgan fingerprint density at radius 1 is 1.19 bits per heavy atom. The van der Waals surface area contributed by atoms with Gasteiger partial charge in [0.25, 0.3) is 0 Å². The molecule has 1 saturated heterocycles. The molecule has 0 bridgehead atoms. The highest BCUT2D eigenvalue weighted by atomic mass is 16.5. The molecule has 2 fully saturated rings. The fraction of sp³-hybridized carbons (Fsp3) is 0.393. The number of carbonyl (C=O) groups excluding carboxylic acids is 1. The molecule has 8 heteroatoms. The standard InChI is InChI=1S/C28H33N5O3/c1-20(21-7-3-2-4-8-21)31-28-23-17-25(32-27(34)11-6-12-33-13-15-35-16-14-33)26(36-22-9-5-10-22)18-24(23)29-19-30-28/h2-4,6-8,11,17-20,22H,5,9-10,12-16H2,1H3,(H,32,34)(H,29,30,31)/b11-6+/t20-/m1/s1. The van der Waals surface area contributed by atoms with Gasteiger partial charge in [-0.05, 0) is 37.8 Å². The van der Waals surface area contributed by atoms with Gasteiger partial charge in [0.15, 0.2) is 0 Å². The molecule has 1 aliphatic heterocycles. The second-order valence-corrected chi connectivity index (χ2v) is 9.34. The quantitative estimate of drug-likeness (QED) is 0.428. The molecule has 2 aliphatic rings. The molecule has 0 unspecified atom stereocenters. The van der Waals surface area contributed by atoms with Crippen LogP contribution in [-0.4, -0.2) is 59.7 Å². The molecule has 3 aromatic rings. The van der Waals surface area contributed by atoms with Gasteiger partial charge in [-0.15, -0.1) is 0 Å². The lowest BCUT2D eigenvalue weighted by atomic mass is 9.96. The predicted octanol–water partition coefficient (Wildman–Crippen LogP) is 4.56. The molecule has 5 rings (SSSR count). The number of hydrogen-bond acceptors (Lipinski definition) is 7. The number of benzene rings is 2. The monoisotopic (exact) mass is 487 g/mol. The summed E-state index contributed by atoms with van der Waals surface area (Å²) in [6.45, 7) is 6.06. The van der Waals surface area contributed by atoms with Gasteiger partial charge in [-0.1, -0.05) is 36.4 Å². The van der Waals surface area contributed by atoms with Gasteiger partial charge in [0.1, 0.15) is 17.9 Å². The number of fused-ring (bicyclic) bond motifs is 1. The Hall–Kier alpha value is -3.49. The topological polar surface area (TPSA) is 88.6 Å². The molecule has 0 radical (unpaired) electrons. The zero-order valence-corrected chi connectivity index (χ0v) is 20.7. The number of nitrogens with one attached hydrogen (secondary N) is 2. The van der Waals surface area contributed by atoms with E-state index in [2.05, 4.69) is 44.6 Å². The van der Waals surface area contributed by atoms with Crippen LogP contribution >= 0.6 is 0 Å². The van der Waals surface area contributed by atoms with Gasteiger partial charge in [0.05, 0.1) is 30.5 Å². The van der Waals surface area contributed by atoms with Crippen LogP contribution in [0.5, 0.6) is 5.75 Å². The molecular weight excluding hydrogens is 454 g/mol. The number of aromatic nitrogens is 2. The zero-order valence-electron chi connectivity index (χ0n) is 20.7. The van der Waals surface area contributed by atoms with E-state index in [1.54, 1.807) is 12.4 Å². The highest BCUT2D eigenvalue weighted by molar-refractivity contribution is 6.03. The van der Waals surface area contributed by atoms with Gasteiger partial charge in [-0.2, -0.15) is 0 Å². The molecule has 36 heavy (non-hydrogen) atoms. The SMILES string of the molecule is C[C@@H](Nc1ncnc2cc(OC3CCC3)c(NC(=O)/C=C/CN3CCOCC3)cc12)c1ccccc1. The average Bonchev–Trinajstić information content (AvgIpc) is 2.88. The van der Waals surface area contributed by atoms with Crippen LogP contribution in [0.25, 0.3) is 10.9 Å². The summed E-state index contributed by atoms with van der Waals surface area (Å²) < 4.78 is 11.6. The lowest BCUT2D eigenvalue weighted by Crippen LogP contribution is -2.36. The van der Waals surface area contributed by atoms with Crippen LogP contribution in [0.3, 0.4) is 0 Å². The van der Waals surface area contributed by atoms with Crippen LogP contribution in [0.1, 0.15) is 37.8 Å². The molecule has 188 valence electrons. The summed E-state index contributed by atoms with van der Waals surface area (Å²) in [5, 5.41) is 7.36. The van der Waals surface area contributed by atoms with E-state index in [0.717, 1.165) is 68.6 Å². The van der Waals surface area contributed by atoms with Crippen molar-refractivity contribution in [2.45, 2.75) is 38.3 Å². The number of ether oxygens (including phenoxy) is 2. The van der Waals surface area contributed by atoms with Gasteiger partial charge < -0.3 is 20.1 Å². The van der Waals surface area contributed by atoms with Crippen LogP contribution in [0.4, 0.5) is 11.5 Å². The Kier molecular flexibility index (Phi) is 7.73. The lowest BCUT2D eigenvalue weighted by molar-refractivity contribution is -0.111. The number of nitrogens with zero attached hydrogens (tertiary/aromatic N) is 3. The molecule has 1 aromatic heterocycles. The summed E-state index contributed by atoms with van der Waals surface area (Å²) in [6, 6.07) is 14.1. The van der Waals surface area contributed by atoms with E-state index in [4.69, 9.17) is 9.47 Å². The van der Waals surface area contributed by atoms with Crippen molar-refractivity contribution in [2.24, 2.45) is 0 Å². The van der Waals surface area contributed by atoms with E-state index in [1.807, 2.05) is 36.4 Å². The Morgan fingerprint density at radius 2 is 2.00 bits per heavy atom. The van der Waals surface area contributed by atoms with Crippen molar-refractivity contribution in [1.29, 1.82) is 0 Å². The van der Waals surface area contributed by atoms with Gasteiger partial charge >= 0.3 is 0 Å². The summed E-state index contributed by atoms with van der Waals surface area (Å²) in [6.07, 6.45) is 8.43. The van der Waals surface area contributed by atoms with Gasteiger partial charge in [-0.3, -0.25) is 9.69 Å². The first-order valence-corrected chi connectivity index (χ1v) is 12.7. The molecule has 1 aliphatic carbocycles. The summed E-state index contributed by atoms with van der Waals surface area (Å²) in [4.78, 5) is 24.1. The fourth-order valence-corrected chi connectivity index (χ4v) is 4.36. The van der Waals surface area contributed by atoms with Crippen molar-refractivity contribution in [1.82, 2.24) is 14.9 Å². The molecule has 8 nitrogen and oxygen atoms in total. The first-order chi connectivity index (χ1) is 17.7. The predicted molar refractivity (Wildman–Crippen MR) is 141 cm³/mol. The van der Waals surface area contributed by atoms with Crippen LogP contribution in [0, 0.1) is 0 Å². The Morgan fingerprint density at radius 3 is 2.75 bits per heavy atom.